The van der Waals surface area contributed by atoms with Gasteiger partial charge in [0.2, 0.25) is 0 Å². The van der Waals surface area contributed by atoms with Gasteiger partial charge in [0.05, 0.1) is 5.92 Å². The van der Waals surface area contributed by atoms with Gasteiger partial charge in [0.25, 0.3) is 11.8 Å². The van der Waals surface area contributed by atoms with Crippen LogP contribution in [-0.4, -0.2) is 28.5 Å². The molecule has 0 aliphatic carbocycles. The summed E-state index contributed by atoms with van der Waals surface area (Å²) in [6, 6.07) is 33.6. The van der Waals surface area contributed by atoms with Crippen LogP contribution in [0.1, 0.15) is 63.1 Å². The van der Waals surface area contributed by atoms with Crippen molar-refractivity contribution in [1.82, 2.24) is 4.90 Å². The smallest absolute Gasteiger partial charge is 0.255 e. The zero-order chi connectivity index (χ0) is 27.9. The van der Waals surface area contributed by atoms with E-state index in [1.54, 1.807) is 17.0 Å². The molecule has 4 atom stereocenters. The van der Waals surface area contributed by atoms with Crippen LogP contribution >= 0.6 is 0 Å². The van der Waals surface area contributed by atoms with Crippen molar-refractivity contribution in [3.8, 4) is 0 Å². The van der Waals surface area contributed by atoms with E-state index in [0.717, 1.165) is 17.5 Å². The highest BCUT2D eigenvalue weighted by Crippen LogP contribution is 2.60. The molecule has 0 radical (unpaired) electrons. The van der Waals surface area contributed by atoms with Gasteiger partial charge < -0.3 is 10.2 Å². The highest BCUT2D eigenvalue weighted by atomic mass is 16.2. The lowest BCUT2D eigenvalue weighted by Gasteiger charge is -2.39. The number of fused-ring (bicyclic) bond motifs is 2. The first-order chi connectivity index (χ1) is 19.5. The van der Waals surface area contributed by atoms with E-state index in [-0.39, 0.29) is 29.6 Å². The van der Waals surface area contributed by atoms with Crippen LogP contribution in [0.3, 0.4) is 0 Å². The number of rotatable bonds is 6. The van der Waals surface area contributed by atoms with Gasteiger partial charge in [-0.15, -0.1) is 0 Å². The number of Topliss-reactive ketones (excluding diaryl/α,β-unsaturated/α-hetero) is 1. The highest BCUT2D eigenvalue weighted by Gasteiger charge is 2.69. The predicted octanol–water partition coefficient (Wildman–Crippen LogP) is 6.75. The van der Waals surface area contributed by atoms with Gasteiger partial charge in [0, 0.05) is 34.3 Å². The number of likely N-dealkylation sites (tertiary alicyclic amines) is 1. The summed E-state index contributed by atoms with van der Waals surface area (Å²) in [4.78, 5) is 45.6. The molecule has 2 heterocycles. The lowest BCUT2D eigenvalue weighted by molar-refractivity contribution is -0.127. The molecule has 0 aromatic heterocycles. The van der Waals surface area contributed by atoms with Crippen LogP contribution in [0, 0.1) is 12.8 Å². The molecule has 4 unspecified atom stereocenters. The van der Waals surface area contributed by atoms with E-state index >= 15 is 0 Å². The molecule has 1 spiro atoms. The zero-order valence-corrected chi connectivity index (χ0v) is 22.7. The van der Waals surface area contributed by atoms with Crippen molar-refractivity contribution in [3.05, 3.63) is 137 Å². The number of hydrogen-bond acceptors (Lipinski definition) is 3. The maximum Gasteiger partial charge on any atom is 0.255 e. The first-order valence-corrected chi connectivity index (χ1v) is 13.9. The van der Waals surface area contributed by atoms with Crippen molar-refractivity contribution in [2.24, 2.45) is 5.92 Å². The summed E-state index contributed by atoms with van der Waals surface area (Å²) in [6.07, 6.45) is 1.43. The number of benzene rings is 4. The fourth-order valence-corrected chi connectivity index (χ4v) is 6.84. The van der Waals surface area contributed by atoms with Crippen molar-refractivity contribution < 1.29 is 14.4 Å². The fourth-order valence-electron chi connectivity index (χ4n) is 6.84. The van der Waals surface area contributed by atoms with Gasteiger partial charge in [-0.2, -0.15) is 0 Å². The Labute approximate surface area is 234 Å². The average Bonchev–Trinajstić information content (AvgIpc) is 3.45. The van der Waals surface area contributed by atoms with Crippen LogP contribution in [0.2, 0.25) is 0 Å². The van der Waals surface area contributed by atoms with E-state index in [1.807, 2.05) is 104 Å². The average molecular weight is 529 g/mol. The van der Waals surface area contributed by atoms with Crippen molar-refractivity contribution >= 4 is 23.3 Å². The first-order valence-electron chi connectivity index (χ1n) is 13.9. The maximum atomic E-state index is 14.7. The Hall–Kier alpha value is -4.51. The van der Waals surface area contributed by atoms with Crippen molar-refractivity contribution in [3.63, 3.8) is 0 Å². The quantitative estimate of drug-likeness (QED) is 0.282. The third kappa shape index (κ3) is 3.88. The largest absolute Gasteiger partial charge is 0.323 e. The van der Waals surface area contributed by atoms with Crippen LogP contribution in [0.25, 0.3) is 0 Å². The summed E-state index contributed by atoms with van der Waals surface area (Å²) < 4.78 is 0. The standard InChI is InChI=1S/C35H32N2O3/c1-3-12-29-30(24-13-6-4-7-14-24)31(32(38)25-15-8-5-9-16-25)35(27-17-10-11-18-28(27)36-34(35)40)37(29)33(39)26-21-19-23(2)20-22-26/h4-11,13-22,29-31H,3,12H2,1-2H3,(H,36,40). The number of aryl methyl sites for hydroxylation is 1. The Morgan fingerprint density at radius 3 is 2.10 bits per heavy atom. The van der Waals surface area contributed by atoms with Gasteiger partial charge in [-0.3, -0.25) is 14.4 Å². The third-order valence-corrected chi connectivity index (χ3v) is 8.49. The number of para-hydroxylation sites is 1. The normalized spacial score (nSPS) is 23.2. The van der Waals surface area contributed by atoms with Crippen LogP contribution < -0.4 is 5.32 Å². The lowest BCUT2D eigenvalue weighted by atomic mass is 9.69. The Bertz CT molecular complexity index is 1570. The van der Waals surface area contributed by atoms with Gasteiger partial charge in [0.15, 0.2) is 11.3 Å². The summed E-state index contributed by atoms with van der Waals surface area (Å²) in [5.74, 6) is -1.92. The lowest BCUT2D eigenvalue weighted by Crippen LogP contribution is -2.56. The fraction of sp³-hybridized carbons (Fsp3) is 0.229. The minimum absolute atomic E-state index is 0.137. The highest BCUT2D eigenvalue weighted by molar-refractivity contribution is 6.15. The minimum Gasteiger partial charge on any atom is -0.323 e. The summed E-state index contributed by atoms with van der Waals surface area (Å²) in [6.45, 7) is 4.06. The van der Waals surface area contributed by atoms with E-state index in [4.69, 9.17) is 0 Å². The summed E-state index contributed by atoms with van der Waals surface area (Å²) in [7, 11) is 0. The van der Waals surface area contributed by atoms with Crippen LogP contribution in [0.4, 0.5) is 5.69 Å². The molecule has 1 fully saturated rings. The van der Waals surface area contributed by atoms with Crippen molar-refractivity contribution in [2.75, 3.05) is 5.32 Å². The molecular formula is C35H32N2O3. The van der Waals surface area contributed by atoms with E-state index in [2.05, 4.69) is 12.2 Å². The van der Waals surface area contributed by atoms with Gasteiger partial charge >= 0.3 is 0 Å². The Balaban J connectivity index is 1.68. The second-order valence-corrected chi connectivity index (χ2v) is 10.8. The van der Waals surface area contributed by atoms with Crippen LogP contribution in [0.15, 0.2) is 109 Å². The van der Waals surface area contributed by atoms with Gasteiger partial charge in [0.1, 0.15) is 0 Å². The molecule has 1 N–H and O–H groups in total. The van der Waals surface area contributed by atoms with Crippen molar-refractivity contribution in [1.29, 1.82) is 0 Å². The molecule has 40 heavy (non-hydrogen) atoms. The van der Waals surface area contributed by atoms with E-state index in [0.29, 0.717) is 28.8 Å². The molecule has 4 aromatic rings. The summed E-state index contributed by atoms with van der Waals surface area (Å²) in [5.41, 5.74) is 2.84. The number of carbonyl (C=O) groups is 3. The molecule has 6 rings (SSSR count). The summed E-state index contributed by atoms with van der Waals surface area (Å²) in [5, 5.41) is 3.06. The van der Waals surface area contributed by atoms with E-state index in [9.17, 15) is 14.4 Å². The minimum atomic E-state index is -1.51. The SMILES string of the molecule is CCCC1C(c2ccccc2)C(C(=O)c2ccccc2)C2(C(=O)Nc3ccccc32)N1C(=O)c1ccc(C)cc1. The molecule has 5 heteroatoms. The number of amides is 2. The number of nitrogens with one attached hydrogen (secondary N) is 1. The Kier molecular flexibility index (Phi) is 6.59. The molecule has 2 amide bonds. The number of carbonyl (C=O) groups excluding carboxylic acids is 3. The second-order valence-electron chi connectivity index (χ2n) is 10.8. The monoisotopic (exact) mass is 528 g/mol. The predicted molar refractivity (Wildman–Crippen MR) is 156 cm³/mol. The molecule has 1 saturated heterocycles. The maximum absolute atomic E-state index is 14.7. The topological polar surface area (TPSA) is 66.5 Å². The van der Waals surface area contributed by atoms with E-state index < -0.39 is 11.5 Å². The van der Waals surface area contributed by atoms with Gasteiger partial charge in [-0.1, -0.05) is 110 Å². The first kappa shape index (κ1) is 25.8. The number of ketones is 1. The molecule has 200 valence electrons. The Morgan fingerprint density at radius 2 is 1.43 bits per heavy atom. The van der Waals surface area contributed by atoms with Crippen LogP contribution in [-0.2, 0) is 10.3 Å². The molecular weight excluding hydrogens is 496 g/mol. The molecule has 4 aromatic carbocycles. The van der Waals surface area contributed by atoms with Crippen LogP contribution in [0.5, 0.6) is 0 Å². The molecule has 2 aliphatic heterocycles. The third-order valence-electron chi connectivity index (χ3n) is 8.49. The molecule has 5 nitrogen and oxygen atoms in total. The number of anilines is 1. The summed E-state index contributed by atoms with van der Waals surface area (Å²) >= 11 is 0. The van der Waals surface area contributed by atoms with Gasteiger partial charge in [-0.05, 0) is 37.1 Å². The Morgan fingerprint density at radius 1 is 0.800 bits per heavy atom. The second kappa shape index (κ2) is 10.2. The van der Waals surface area contributed by atoms with Crippen molar-refractivity contribution in [2.45, 2.75) is 44.2 Å². The molecule has 0 saturated carbocycles. The number of hydrogen-bond donors (Lipinski definition) is 1. The van der Waals surface area contributed by atoms with E-state index in [1.165, 1.54) is 0 Å². The molecule has 2 aliphatic rings. The zero-order valence-electron chi connectivity index (χ0n) is 22.7. The number of nitrogens with zero attached hydrogens (tertiary/aromatic N) is 1. The van der Waals surface area contributed by atoms with Gasteiger partial charge in [-0.25, -0.2) is 0 Å². The molecule has 0 bridgehead atoms.